The standard InChI is InChI=1S/C15H24N4O2/c1-10-12(11(2)18(5)17-10)6-7-13(20)19-9-8-16-14(21)15(19,3)4/h6-9H2,1-5H3,(H,16,21). The number of aromatic nitrogens is 2. The van der Waals surface area contributed by atoms with Gasteiger partial charge in [-0.1, -0.05) is 0 Å². The molecule has 0 spiro atoms. The molecule has 6 nitrogen and oxygen atoms in total. The molecule has 1 aromatic heterocycles. The van der Waals surface area contributed by atoms with E-state index in [1.54, 1.807) is 18.7 Å². The Kier molecular flexibility index (Phi) is 4.07. The SMILES string of the molecule is Cc1nn(C)c(C)c1CCC(=O)N1CCNC(=O)C1(C)C. The molecule has 1 aliphatic rings. The number of hydrogen-bond donors (Lipinski definition) is 1. The van der Waals surface area contributed by atoms with Gasteiger partial charge in [0, 0.05) is 32.3 Å². The van der Waals surface area contributed by atoms with Crippen LogP contribution >= 0.6 is 0 Å². The zero-order chi connectivity index (χ0) is 15.8. The number of aryl methyl sites for hydroxylation is 2. The van der Waals surface area contributed by atoms with Gasteiger partial charge in [-0.2, -0.15) is 5.10 Å². The van der Waals surface area contributed by atoms with E-state index in [0.717, 1.165) is 17.0 Å². The fourth-order valence-corrected chi connectivity index (χ4v) is 2.88. The Bertz CT molecular complexity index is 574. The fourth-order valence-electron chi connectivity index (χ4n) is 2.88. The highest BCUT2D eigenvalue weighted by Gasteiger charge is 2.40. The van der Waals surface area contributed by atoms with Crippen LogP contribution in [0.15, 0.2) is 0 Å². The lowest BCUT2D eigenvalue weighted by Crippen LogP contribution is -2.63. The minimum absolute atomic E-state index is 0.0255. The molecule has 2 rings (SSSR count). The van der Waals surface area contributed by atoms with Crippen LogP contribution in [0.1, 0.15) is 37.2 Å². The molecule has 0 aromatic carbocycles. The van der Waals surface area contributed by atoms with Crippen LogP contribution in [0.3, 0.4) is 0 Å². The summed E-state index contributed by atoms with van der Waals surface area (Å²) in [5.41, 5.74) is 2.42. The second-order valence-corrected chi connectivity index (χ2v) is 6.13. The van der Waals surface area contributed by atoms with E-state index in [1.807, 2.05) is 25.6 Å². The summed E-state index contributed by atoms with van der Waals surface area (Å²) in [5, 5.41) is 7.18. The van der Waals surface area contributed by atoms with Crippen LogP contribution in [0.4, 0.5) is 0 Å². The molecule has 0 aliphatic carbocycles. The Balaban J connectivity index is 2.06. The summed E-state index contributed by atoms with van der Waals surface area (Å²) in [6, 6.07) is 0. The normalized spacial score (nSPS) is 17.8. The minimum Gasteiger partial charge on any atom is -0.352 e. The number of nitrogens with one attached hydrogen (secondary N) is 1. The molecule has 116 valence electrons. The molecule has 1 aliphatic heterocycles. The van der Waals surface area contributed by atoms with Gasteiger partial charge in [0.2, 0.25) is 11.8 Å². The number of carbonyl (C=O) groups excluding carboxylic acids is 2. The van der Waals surface area contributed by atoms with Crippen molar-refractivity contribution in [3.05, 3.63) is 17.0 Å². The van der Waals surface area contributed by atoms with Gasteiger partial charge in [-0.15, -0.1) is 0 Å². The molecule has 1 saturated heterocycles. The number of nitrogens with zero attached hydrogens (tertiary/aromatic N) is 3. The van der Waals surface area contributed by atoms with Gasteiger partial charge in [-0.25, -0.2) is 0 Å². The van der Waals surface area contributed by atoms with Crippen LogP contribution in [0.25, 0.3) is 0 Å². The van der Waals surface area contributed by atoms with Crippen molar-refractivity contribution < 1.29 is 9.59 Å². The monoisotopic (exact) mass is 292 g/mol. The highest BCUT2D eigenvalue weighted by atomic mass is 16.2. The number of piperazine rings is 1. The van der Waals surface area contributed by atoms with Gasteiger partial charge in [-0.05, 0) is 39.7 Å². The predicted molar refractivity (Wildman–Crippen MR) is 79.8 cm³/mol. The Morgan fingerprint density at radius 2 is 2.05 bits per heavy atom. The average Bonchev–Trinajstić information content (AvgIpc) is 2.64. The van der Waals surface area contributed by atoms with Crippen LogP contribution in [-0.2, 0) is 23.1 Å². The van der Waals surface area contributed by atoms with Gasteiger partial charge in [0.15, 0.2) is 0 Å². The van der Waals surface area contributed by atoms with E-state index >= 15 is 0 Å². The van der Waals surface area contributed by atoms with Gasteiger partial charge >= 0.3 is 0 Å². The van der Waals surface area contributed by atoms with Crippen LogP contribution in [0.2, 0.25) is 0 Å². The number of rotatable bonds is 3. The quantitative estimate of drug-likeness (QED) is 0.892. The van der Waals surface area contributed by atoms with Gasteiger partial charge in [0.25, 0.3) is 0 Å². The van der Waals surface area contributed by atoms with E-state index in [9.17, 15) is 9.59 Å². The third-order valence-corrected chi connectivity index (χ3v) is 4.40. The van der Waals surface area contributed by atoms with Crippen molar-refractivity contribution in [2.24, 2.45) is 7.05 Å². The molecule has 0 atom stereocenters. The molecule has 6 heteroatoms. The van der Waals surface area contributed by atoms with Crippen molar-refractivity contribution in [3.63, 3.8) is 0 Å². The molecule has 1 fully saturated rings. The molecular formula is C15H24N4O2. The predicted octanol–water partition coefficient (Wildman–Crippen LogP) is 0.707. The Labute approximate surface area is 125 Å². The lowest BCUT2D eigenvalue weighted by Gasteiger charge is -2.41. The summed E-state index contributed by atoms with van der Waals surface area (Å²) < 4.78 is 1.84. The summed E-state index contributed by atoms with van der Waals surface area (Å²) in [5.74, 6) is -0.0617. The molecule has 2 amide bonds. The first-order valence-electron chi connectivity index (χ1n) is 7.33. The van der Waals surface area contributed by atoms with Crippen LogP contribution < -0.4 is 5.32 Å². The van der Waals surface area contributed by atoms with Gasteiger partial charge < -0.3 is 10.2 Å². The Hall–Kier alpha value is -1.85. The molecule has 2 heterocycles. The van der Waals surface area contributed by atoms with E-state index < -0.39 is 5.54 Å². The average molecular weight is 292 g/mol. The van der Waals surface area contributed by atoms with Crippen molar-refractivity contribution in [1.29, 1.82) is 0 Å². The van der Waals surface area contributed by atoms with E-state index in [1.165, 1.54) is 0 Å². The second-order valence-electron chi connectivity index (χ2n) is 6.13. The summed E-state index contributed by atoms with van der Waals surface area (Å²) in [6.45, 7) is 8.66. The van der Waals surface area contributed by atoms with Crippen molar-refractivity contribution in [1.82, 2.24) is 20.0 Å². The molecule has 0 unspecified atom stereocenters. The van der Waals surface area contributed by atoms with Crippen molar-refractivity contribution in [2.75, 3.05) is 13.1 Å². The maximum Gasteiger partial charge on any atom is 0.245 e. The Morgan fingerprint density at radius 3 is 2.62 bits per heavy atom. The fraction of sp³-hybridized carbons (Fsp3) is 0.667. The number of amides is 2. The van der Waals surface area contributed by atoms with E-state index in [0.29, 0.717) is 25.9 Å². The van der Waals surface area contributed by atoms with E-state index in [-0.39, 0.29) is 11.8 Å². The second kappa shape index (κ2) is 5.50. The summed E-state index contributed by atoms with van der Waals surface area (Å²) in [4.78, 5) is 26.1. The minimum atomic E-state index is -0.769. The van der Waals surface area contributed by atoms with Gasteiger partial charge in [-0.3, -0.25) is 14.3 Å². The molecule has 21 heavy (non-hydrogen) atoms. The summed E-state index contributed by atoms with van der Waals surface area (Å²) in [7, 11) is 1.91. The molecule has 1 N–H and O–H groups in total. The zero-order valence-electron chi connectivity index (χ0n) is 13.5. The first kappa shape index (κ1) is 15.5. The Morgan fingerprint density at radius 1 is 1.38 bits per heavy atom. The van der Waals surface area contributed by atoms with Gasteiger partial charge in [0.1, 0.15) is 5.54 Å². The summed E-state index contributed by atoms with van der Waals surface area (Å²) in [6.07, 6.45) is 1.07. The first-order chi connectivity index (χ1) is 9.75. The number of hydrogen-bond acceptors (Lipinski definition) is 3. The van der Waals surface area contributed by atoms with E-state index in [4.69, 9.17) is 0 Å². The van der Waals surface area contributed by atoms with Crippen molar-refractivity contribution >= 4 is 11.8 Å². The molecule has 0 saturated carbocycles. The van der Waals surface area contributed by atoms with Crippen molar-refractivity contribution in [2.45, 2.75) is 46.1 Å². The van der Waals surface area contributed by atoms with Crippen LogP contribution in [-0.4, -0.2) is 45.1 Å². The maximum atomic E-state index is 12.5. The highest BCUT2D eigenvalue weighted by molar-refractivity contribution is 5.91. The maximum absolute atomic E-state index is 12.5. The zero-order valence-corrected chi connectivity index (χ0v) is 13.5. The number of carbonyl (C=O) groups is 2. The largest absolute Gasteiger partial charge is 0.352 e. The van der Waals surface area contributed by atoms with Gasteiger partial charge in [0.05, 0.1) is 5.69 Å². The third kappa shape index (κ3) is 2.80. The van der Waals surface area contributed by atoms with Crippen LogP contribution in [0.5, 0.6) is 0 Å². The smallest absolute Gasteiger partial charge is 0.245 e. The molecule has 1 aromatic rings. The lowest BCUT2D eigenvalue weighted by molar-refractivity contribution is -0.149. The lowest BCUT2D eigenvalue weighted by atomic mass is 9.97. The van der Waals surface area contributed by atoms with Crippen LogP contribution in [0, 0.1) is 13.8 Å². The highest BCUT2D eigenvalue weighted by Crippen LogP contribution is 2.20. The molecular weight excluding hydrogens is 268 g/mol. The molecule has 0 bridgehead atoms. The first-order valence-corrected chi connectivity index (χ1v) is 7.33. The third-order valence-electron chi connectivity index (χ3n) is 4.40. The van der Waals surface area contributed by atoms with E-state index in [2.05, 4.69) is 10.4 Å². The topological polar surface area (TPSA) is 67.2 Å². The summed E-state index contributed by atoms with van der Waals surface area (Å²) >= 11 is 0. The molecule has 0 radical (unpaired) electrons. The van der Waals surface area contributed by atoms with Crippen molar-refractivity contribution in [3.8, 4) is 0 Å².